The molecule has 2 N–H and O–H groups in total. The molecule has 1 fully saturated rings. The van der Waals surface area contributed by atoms with Crippen LogP contribution in [0.4, 0.5) is 11.8 Å². The van der Waals surface area contributed by atoms with Crippen molar-refractivity contribution in [2.45, 2.75) is 45.6 Å². The van der Waals surface area contributed by atoms with Gasteiger partial charge in [0, 0.05) is 17.0 Å². The highest BCUT2D eigenvalue weighted by atomic mass is 32.1. The maximum Gasteiger partial charge on any atom is 0.226 e. The molecule has 1 aliphatic rings. The van der Waals surface area contributed by atoms with Crippen molar-refractivity contribution < 1.29 is 0 Å². The van der Waals surface area contributed by atoms with Gasteiger partial charge in [0.15, 0.2) is 0 Å². The molecular weight excluding hydrogens is 256 g/mol. The quantitative estimate of drug-likeness (QED) is 0.872. The molecule has 0 aromatic carbocycles. The summed E-state index contributed by atoms with van der Waals surface area (Å²) >= 11 is 1.73. The second kappa shape index (κ2) is 4.63. The summed E-state index contributed by atoms with van der Waals surface area (Å²) in [4.78, 5) is 11.6. The number of thiophene rings is 1. The van der Waals surface area contributed by atoms with E-state index >= 15 is 0 Å². The largest absolute Gasteiger partial charge is 0.364 e. The standard InChI is InChI=1S/C14H20N4S/c1-4-7-15-13-16-11(18-14(3)5-6-14)10-8-9(2)19-12(10)17-13/h8H,4-7H2,1-3H3,(H2,15,16,17,18). The first-order chi connectivity index (χ1) is 9.09. The molecule has 2 aromatic heterocycles. The fourth-order valence-electron chi connectivity index (χ4n) is 2.05. The minimum atomic E-state index is 0.235. The van der Waals surface area contributed by atoms with Crippen LogP contribution in [0.3, 0.4) is 0 Å². The fourth-order valence-corrected chi connectivity index (χ4v) is 2.93. The molecule has 5 heteroatoms. The average Bonchev–Trinajstić information content (AvgIpc) is 2.95. The predicted octanol–water partition coefficient (Wildman–Crippen LogP) is 3.79. The van der Waals surface area contributed by atoms with Crippen molar-refractivity contribution in [2.75, 3.05) is 17.2 Å². The summed E-state index contributed by atoms with van der Waals surface area (Å²) in [6.45, 7) is 7.42. The molecule has 4 nitrogen and oxygen atoms in total. The Hall–Kier alpha value is -1.36. The summed E-state index contributed by atoms with van der Waals surface area (Å²) in [5.74, 6) is 1.72. The zero-order chi connectivity index (χ0) is 13.5. The first-order valence-electron chi connectivity index (χ1n) is 6.90. The summed E-state index contributed by atoms with van der Waals surface area (Å²) in [5.41, 5.74) is 0.235. The molecular formula is C14H20N4S. The Kier molecular flexibility index (Phi) is 3.09. The van der Waals surface area contributed by atoms with Crippen molar-refractivity contribution in [1.82, 2.24) is 9.97 Å². The number of rotatable bonds is 5. The minimum absolute atomic E-state index is 0.235. The van der Waals surface area contributed by atoms with Crippen LogP contribution >= 0.6 is 11.3 Å². The van der Waals surface area contributed by atoms with E-state index in [0.29, 0.717) is 0 Å². The number of aromatic nitrogens is 2. The highest BCUT2D eigenvalue weighted by Crippen LogP contribution is 2.40. The van der Waals surface area contributed by atoms with Gasteiger partial charge in [-0.05, 0) is 39.2 Å². The molecule has 2 aromatic rings. The molecule has 19 heavy (non-hydrogen) atoms. The Labute approximate surface area is 117 Å². The van der Waals surface area contributed by atoms with Crippen molar-refractivity contribution in [3.63, 3.8) is 0 Å². The van der Waals surface area contributed by atoms with Crippen molar-refractivity contribution in [1.29, 1.82) is 0 Å². The third-order valence-electron chi connectivity index (χ3n) is 3.47. The molecule has 0 unspecified atom stereocenters. The highest BCUT2D eigenvalue weighted by Gasteiger charge is 2.38. The Morgan fingerprint density at radius 2 is 2.16 bits per heavy atom. The molecule has 1 aliphatic carbocycles. The monoisotopic (exact) mass is 276 g/mol. The first-order valence-corrected chi connectivity index (χ1v) is 7.71. The molecule has 1 saturated carbocycles. The second-order valence-electron chi connectivity index (χ2n) is 5.58. The van der Waals surface area contributed by atoms with Gasteiger partial charge in [-0.2, -0.15) is 4.98 Å². The zero-order valence-electron chi connectivity index (χ0n) is 11.7. The van der Waals surface area contributed by atoms with Crippen LogP contribution in [-0.4, -0.2) is 22.1 Å². The molecule has 0 saturated heterocycles. The van der Waals surface area contributed by atoms with E-state index in [1.807, 2.05) is 0 Å². The molecule has 0 radical (unpaired) electrons. The third-order valence-corrected chi connectivity index (χ3v) is 4.41. The van der Waals surface area contributed by atoms with Gasteiger partial charge in [-0.25, -0.2) is 4.98 Å². The Morgan fingerprint density at radius 1 is 1.37 bits per heavy atom. The summed E-state index contributed by atoms with van der Waals surface area (Å²) in [6, 6.07) is 2.18. The van der Waals surface area contributed by atoms with Crippen LogP contribution in [0.2, 0.25) is 0 Å². The molecule has 0 aliphatic heterocycles. The van der Waals surface area contributed by atoms with Gasteiger partial charge in [-0.15, -0.1) is 11.3 Å². The van der Waals surface area contributed by atoms with E-state index in [1.54, 1.807) is 11.3 Å². The van der Waals surface area contributed by atoms with Gasteiger partial charge in [0.1, 0.15) is 10.6 Å². The smallest absolute Gasteiger partial charge is 0.226 e. The van der Waals surface area contributed by atoms with Gasteiger partial charge in [-0.1, -0.05) is 6.92 Å². The summed E-state index contributed by atoms with van der Waals surface area (Å²) < 4.78 is 0. The fraction of sp³-hybridized carbons (Fsp3) is 0.571. The molecule has 102 valence electrons. The number of hydrogen-bond donors (Lipinski definition) is 2. The molecule has 0 spiro atoms. The molecule has 0 atom stereocenters. The average molecular weight is 276 g/mol. The van der Waals surface area contributed by atoms with E-state index in [2.05, 4.69) is 47.4 Å². The second-order valence-corrected chi connectivity index (χ2v) is 6.82. The number of nitrogens with one attached hydrogen (secondary N) is 2. The van der Waals surface area contributed by atoms with E-state index in [9.17, 15) is 0 Å². The molecule has 0 amide bonds. The van der Waals surface area contributed by atoms with E-state index < -0.39 is 0 Å². The van der Waals surface area contributed by atoms with Gasteiger partial charge in [0.2, 0.25) is 5.95 Å². The number of aryl methyl sites for hydroxylation is 1. The number of nitrogens with zero attached hydrogens (tertiary/aromatic N) is 2. The van der Waals surface area contributed by atoms with Gasteiger partial charge in [-0.3, -0.25) is 0 Å². The predicted molar refractivity (Wildman–Crippen MR) is 82.2 cm³/mol. The van der Waals surface area contributed by atoms with Crippen molar-refractivity contribution in [2.24, 2.45) is 0 Å². The Morgan fingerprint density at radius 3 is 2.84 bits per heavy atom. The maximum absolute atomic E-state index is 4.65. The lowest BCUT2D eigenvalue weighted by Crippen LogP contribution is -2.18. The summed E-state index contributed by atoms with van der Waals surface area (Å²) in [5, 5.41) is 8.02. The van der Waals surface area contributed by atoms with Crippen LogP contribution < -0.4 is 10.6 Å². The number of fused-ring (bicyclic) bond motifs is 1. The van der Waals surface area contributed by atoms with Gasteiger partial charge in [0.05, 0.1) is 5.39 Å². The lowest BCUT2D eigenvalue weighted by molar-refractivity contribution is 0.822. The SMILES string of the molecule is CCCNc1nc(NC2(C)CC2)c2cc(C)sc2n1. The first kappa shape index (κ1) is 12.7. The van der Waals surface area contributed by atoms with E-state index in [-0.39, 0.29) is 5.54 Å². The lowest BCUT2D eigenvalue weighted by Gasteiger charge is -2.14. The van der Waals surface area contributed by atoms with Crippen molar-refractivity contribution in [3.05, 3.63) is 10.9 Å². The third kappa shape index (κ3) is 2.66. The topological polar surface area (TPSA) is 49.8 Å². The molecule has 0 bridgehead atoms. The van der Waals surface area contributed by atoms with Crippen LogP contribution in [0.1, 0.15) is 38.0 Å². The van der Waals surface area contributed by atoms with Gasteiger partial charge < -0.3 is 10.6 Å². The van der Waals surface area contributed by atoms with Crippen LogP contribution in [0.25, 0.3) is 10.2 Å². The number of hydrogen-bond acceptors (Lipinski definition) is 5. The van der Waals surface area contributed by atoms with Crippen LogP contribution in [0.5, 0.6) is 0 Å². The lowest BCUT2D eigenvalue weighted by atomic mass is 10.3. The Balaban J connectivity index is 2.00. The van der Waals surface area contributed by atoms with E-state index in [0.717, 1.165) is 34.9 Å². The number of anilines is 2. The van der Waals surface area contributed by atoms with Gasteiger partial charge >= 0.3 is 0 Å². The maximum atomic E-state index is 4.65. The van der Waals surface area contributed by atoms with E-state index in [1.165, 1.54) is 17.7 Å². The van der Waals surface area contributed by atoms with E-state index in [4.69, 9.17) is 0 Å². The summed E-state index contributed by atoms with van der Waals surface area (Å²) in [6.07, 6.45) is 3.52. The molecule has 2 heterocycles. The van der Waals surface area contributed by atoms with Gasteiger partial charge in [0.25, 0.3) is 0 Å². The van der Waals surface area contributed by atoms with Crippen LogP contribution in [-0.2, 0) is 0 Å². The minimum Gasteiger partial charge on any atom is -0.364 e. The molecule has 3 rings (SSSR count). The normalized spacial score (nSPS) is 16.6. The zero-order valence-corrected chi connectivity index (χ0v) is 12.5. The Bertz CT molecular complexity index is 601. The van der Waals surface area contributed by atoms with Crippen molar-refractivity contribution in [3.8, 4) is 0 Å². The van der Waals surface area contributed by atoms with Crippen LogP contribution in [0.15, 0.2) is 6.07 Å². The van der Waals surface area contributed by atoms with Crippen molar-refractivity contribution >= 4 is 33.3 Å². The summed E-state index contributed by atoms with van der Waals surface area (Å²) in [7, 11) is 0. The highest BCUT2D eigenvalue weighted by molar-refractivity contribution is 7.18. The van der Waals surface area contributed by atoms with Crippen LogP contribution in [0, 0.1) is 6.92 Å².